The zero-order valence-corrected chi connectivity index (χ0v) is 41.7. The lowest BCUT2D eigenvalue weighted by atomic mass is 10.1. The van der Waals surface area contributed by atoms with Crippen LogP contribution in [0.25, 0.3) is 0 Å². The van der Waals surface area contributed by atoms with Gasteiger partial charge in [-0.25, -0.2) is 0 Å². The number of rotatable bonds is 13. The van der Waals surface area contributed by atoms with Crippen molar-refractivity contribution in [2.45, 2.75) is 32.9 Å². The molecule has 7 aromatic carbocycles. The summed E-state index contributed by atoms with van der Waals surface area (Å²) in [5.41, 5.74) is 9.05. The number of nitrogens with one attached hydrogen (secondary N) is 4. The molecule has 0 unspecified atom stereocenters. The second-order valence-electron chi connectivity index (χ2n) is 16.2. The lowest BCUT2D eigenvalue weighted by Crippen LogP contribution is -2.18. The standard InChI is InChI=1S/C18H16F3N3O2.C14H8F3N3O3.C14H10F3N3O.C7H3FN2O2/c1-11(2)17(25)24-16-9-12(10-22)3-8-15(16)23-13-4-6-14(7-5-13)26-18(19,20)21;15-14(16,17)23-11-4-2-10(3-5-11)19-12-6-1-9(8-18)7-13(12)20(21)22;15-14(16,17)21-11-4-2-10(3-5-11)20-13-6-1-9(8-18)7-12(13)19;8-6-2-1-5(4-9)3-7(6)10(11)12/h3-9,11,23H,1-2H3,(H,24,25);1-7,19H;1-7,20H,19H2;1-3H. The fourth-order valence-electron chi connectivity index (χ4n) is 6.12. The van der Waals surface area contributed by atoms with Gasteiger partial charge in [-0.1, -0.05) is 13.8 Å². The minimum atomic E-state index is -4.79. The molecule has 82 heavy (non-hydrogen) atoms. The van der Waals surface area contributed by atoms with Gasteiger partial charge in [-0.05, 0) is 133 Å². The molecular weight excluding hydrogens is 1110 g/mol. The highest BCUT2D eigenvalue weighted by atomic mass is 19.4. The van der Waals surface area contributed by atoms with Crippen molar-refractivity contribution in [2.75, 3.05) is 27.0 Å². The number of nitrogens with zero attached hydrogens (tertiary/aromatic N) is 6. The fraction of sp³-hybridized carbons (Fsp3) is 0.113. The molecule has 0 aliphatic rings. The number of anilines is 8. The Morgan fingerprint density at radius 1 is 0.488 bits per heavy atom. The number of nitrogens with two attached hydrogens (primary N) is 1. The molecule has 1 amide bonds. The molecule has 0 saturated carbocycles. The number of carbonyl (C=O) groups is 1. The predicted molar refractivity (Wildman–Crippen MR) is 275 cm³/mol. The summed E-state index contributed by atoms with van der Waals surface area (Å²) >= 11 is 0. The lowest BCUT2D eigenvalue weighted by Gasteiger charge is -2.15. The number of halogens is 10. The number of benzene rings is 7. The van der Waals surface area contributed by atoms with E-state index in [4.69, 9.17) is 26.8 Å². The van der Waals surface area contributed by atoms with E-state index < -0.39 is 46.2 Å². The molecule has 7 rings (SSSR count). The van der Waals surface area contributed by atoms with Crippen molar-refractivity contribution in [1.82, 2.24) is 0 Å². The number of nitro benzene ring substituents is 2. The van der Waals surface area contributed by atoms with Crippen LogP contribution in [-0.2, 0) is 4.79 Å². The molecule has 6 N–H and O–H groups in total. The first-order valence-corrected chi connectivity index (χ1v) is 22.5. The number of carbonyl (C=O) groups excluding carboxylic acids is 1. The Kier molecular flexibility index (Phi) is 21.8. The van der Waals surface area contributed by atoms with Crippen LogP contribution in [0.5, 0.6) is 17.2 Å². The van der Waals surface area contributed by atoms with E-state index in [0.29, 0.717) is 50.9 Å². The monoisotopic (exact) mass is 1150 g/mol. The van der Waals surface area contributed by atoms with Crippen LogP contribution in [0, 0.1) is 77.3 Å². The van der Waals surface area contributed by atoms with Crippen molar-refractivity contribution in [2.24, 2.45) is 5.92 Å². The van der Waals surface area contributed by atoms with Crippen molar-refractivity contribution in [3.8, 4) is 41.5 Å². The van der Waals surface area contributed by atoms with Crippen molar-refractivity contribution in [1.29, 1.82) is 21.0 Å². The van der Waals surface area contributed by atoms with Gasteiger partial charge in [0.25, 0.3) is 5.69 Å². The van der Waals surface area contributed by atoms with Crippen LogP contribution >= 0.6 is 0 Å². The first-order valence-electron chi connectivity index (χ1n) is 22.5. The zero-order valence-electron chi connectivity index (χ0n) is 41.7. The molecule has 0 spiro atoms. The zero-order chi connectivity index (χ0) is 61.0. The van der Waals surface area contributed by atoms with Gasteiger partial charge in [0.15, 0.2) is 0 Å². The maximum absolute atomic E-state index is 12.6. The largest absolute Gasteiger partial charge is 0.573 e. The maximum Gasteiger partial charge on any atom is 0.573 e. The highest BCUT2D eigenvalue weighted by Gasteiger charge is 2.32. The highest BCUT2D eigenvalue weighted by molar-refractivity contribution is 5.96. The Balaban J connectivity index is 0.000000242. The number of hydrogen-bond donors (Lipinski definition) is 5. The summed E-state index contributed by atoms with van der Waals surface area (Å²) in [6.45, 7) is 3.46. The molecule has 0 atom stereocenters. The van der Waals surface area contributed by atoms with Crippen LogP contribution in [0.2, 0.25) is 0 Å². The molecule has 0 radical (unpaired) electrons. The molecule has 0 saturated heterocycles. The number of alkyl halides is 9. The number of nitrogen functional groups attached to an aromatic ring is 1. The topological polar surface area (TPSA) is 300 Å². The molecule has 0 bridgehead atoms. The van der Waals surface area contributed by atoms with Gasteiger partial charge in [0.2, 0.25) is 11.7 Å². The summed E-state index contributed by atoms with van der Waals surface area (Å²) in [7, 11) is 0. The fourth-order valence-corrected chi connectivity index (χ4v) is 6.12. The summed E-state index contributed by atoms with van der Waals surface area (Å²) in [6, 6.07) is 38.7. The van der Waals surface area contributed by atoms with Gasteiger partial charge >= 0.3 is 24.8 Å². The normalized spacial score (nSPS) is 10.5. The maximum atomic E-state index is 12.6. The summed E-state index contributed by atoms with van der Waals surface area (Å²) in [5, 5.41) is 67.4. The molecule has 7 aromatic rings. The lowest BCUT2D eigenvalue weighted by molar-refractivity contribution is -0.387. The minimum absolute atomic E-state index is 0.0723. The van der Waals surface area contributed by atoms with E-state index in [9.17, 15) is 68.9 Å². The molecular formula is C53H37F10N11O8. The molecule has 29 heteroatoms. The Hall–Kier alpha value is -11.3. The van der Waals surface area contributed by atoms with Gasteiger partial charge < -0.3 is 41.2 Å². The number of nitriles is 4. The van der Waals surface area contributed by atoms with E-state index >= 15 is 0 Å². The van der Waals surface area contributed by atoms with Crippen LogP contribution in [0.1, 0.15) is 36.1 Å². The van der Waals surface area contributed by atoms with Crippen LogP contribution in [0.15, 0.2) is 146 Å². The number of amides is 1. The third-order valence-electron chi connectivity index (χ3n) is 9.81. The second kappa shape index (κ2) is 28.3. The summed E-state index contributed by atoms with van der Waals surface area (Å²) < 4.78 is 133. The third-order valence-corrected chi connectivity index (χ3v) is 9.81. The summed E-state index contributed by atoms with van der Waals surface area (Å²) in [4.78, 5) is 31.6. The highest BCUT2D eigenvalue weighted by Crippen LogP contribution is 2.33. The van der Waals surface area contributed by atoms with E-state index in [1.54, 1.807) is 50.3 Å². The third kappa shape index (κ3) is 21.2. The molecule has 0 aromatic heterocycles. The smallest absolute Gasteiger partial charge is 0.406 e. The van der Waals surface area contributed by atoms with Gasteiger partial charge in [0.1, 0.15) is 22.9 Å². The van der Waals surface area contributed by atoms with Crippen molar-refractivity contribution in [3.05, 3.63) is 194 Å². The Bertz CT molecular complexity index is 3560. The molecule has 19 nitrogen and oxygen atoms in total. The van der Waals surface area contributed by atoms with Crippen molar-refractivity contribution in [3.63, 3.8) is 0 Å². The molecule has 0 heterocycles. The average molecular weight is 1150 g/mol. The van der Waals surface area contributed by atoms with Gasteiger partial charge in [0.05, 0.1) is 79.1 Å². The summed E-state index contributed by atoms with van der Waals surface area (Å²) in [6.07, 6.45) is -14.3. The Morgan fingerprint density at radius 3 is 1.18 bits per heavy atom. The van der Waals surface area contributed by atoms with E-state index in [1.165, 1.54) is 91.0 Å². The SMILES string of the molecule is CC(C)C(=O)Nc1cc(C#N)ccc1Nc1ccc(OC(F)(F)F)cc1.N#Cc1ccc(F)c([N+](=O)[O-])c1.N#Cc1ccc(Nc2ccc(OC(F)(F)F)cc2)c(N)c1.N#Cc1ccc(Nc2ccc(OC(F)(F)F)cc2)c([N+](=O)[O-])c1. The van der Waals surface area contributed by atoms with Crippen LogP contribution in [0.3, 0.4) is 0 Å². The second-order valence-corrected chi connectivity index (χ2v) is 16.2. The quantitative estimate of drug-likeness (QED) is 0.0310. The van der Waals surface area contributed by atoms with E-state index in [2.05, 4.69) is 35.5 Å². The average Bonchev–Trinajstić information content (AvgIpc) is 3.48. The van der Waals surface area contributed by atoms with Crippen LogP contribution < -0.4 is 41.2 Å². The van der Waals surface area contributed by atoms with Crippen LogP contribution in [-0.4, -0.2) is 34.8 Å². The van der Waals surface area contributed by atoms with E-state index in [1.807, 2.05) is 12.1 Å². The van der Waals surface area contributed by atoms with Crippen molar-refractivity contribution >= 4 is 62.8 Å². The van der Waals surface area contributed by atoms with Crippen molar-refractivity contribution < 1.29 is 72.8 Å². The van der Waals surface area contributed by atoms with Gasteiger partial charge in [0, 0.05) is 35.1 Å². The van der Waals surface area contributed by atoms with E-state index in [0.717, 1.165) is 30.3 Å². The molecule has 0 fully saturated rings. The Morgan fingerprint density at radius 2 is 0.817 bits per heavy atom. The minimum Gasteiger partial charge on any atom is -0.406 e. The van der Waals surface area contributed by atoms with Gasteiger partial charge in [-0.3, -0.25) is 25.0 Å². The van der Waals surface area contributed by atoms with E-state index in [-0.39, 0.29) is 45.8 Å². The molecule has 0 aliphatic carbocycles. The first-order chi connectivity index (χ1) is 38.5. The number of hydrogen-bond acceptors (Lipinski definition) is 16. The van der Waals surface area contributed by atoms with Gasteiger partial charge in [-0.2, -0.15) is 25.4 Å². The summed E-state index contributed by atoms with van der Waals surface area (Å²) in [5.74, 6) is -2.46. The first kappa shape index (κ1) is 63.2. The number of ether oxygens (including phenoxy) is 3. The van der Waals surface area contributed by atoms with Crippen LogP contribution in [0.4, 0.5) is 101 Å². The predicted octanol–water partition coefficient (Wildman–Crippen LogP) is 14.3. The number of nitro groups is 2. The Labute approximate surface area is 456 Å². The molecule has 422 valence electrons. The molecule has 0 aliphatic heterocycles. The van der Waals surface area contributed by atoms with Gasteiger partial charge in [-0.15, -0.1) is 39.5 Å².